The van der Waals surface area contributed by atoms with Crippen molar-refractivity contribution < 1.29 is 39.8 Å². The molecule has 1 heterocycles. The summed E-state index contributed by atoms with van der Waals surface area (Å²) in [6.07, 6.45) is 55.3. The number of hydrogen-bond donors (Lipinski definition) is 6. The van der Waals surface area contributed by atoms with Crippen LogP contribution in [-0.4, -0.2) is 87.5 Å². The van der Waals surface area contributed by atoms with Gasteiger partial charge in [-0.25, -0.2) is 0 Å². The maximum Gasteiger partial charge on any atom is 0.220 e. The second-order valence-electron chi connectivity index (χ2n) is 20.8. The molecule has 0 aromatic rings. The first kappa shape index (κ1) is 64.7. The summed E-state index contributed by atoms with van der Waals surface area (Å²) in [7, 11) is 0. The number of nitrogens with one attached hydrogen (secondary N) is 1. The summed E-state index contributed by atoms with van der Waals surface area (Å²) in [6.45, 7) is 3.81. The van der Waals surface area contributed by atoms with Crippen LogP contribution in [0.3, 0.4) is 0 Å². The summed E-state index contributed by atoms with van der Waals surface area (Å²) in [5.74, 6) is -0.173. The minimum atomic E-state index is -1.57. The number of aliphatic hydroxyl groups is 5. The van der Waals surface area contributed by atoms with Crippen LogP contribution in [-0.2, 0) is 14.3 Å². The summed E-state index contributed by atoms with van der Waals surface area (Å²) in [5.41, 5.74) is 0. The summed E-state index contributed by atoms with van der Waals surface area (Å²) < 4.78 is 11.3. The third kappa shape index (κ3) is 38.4. The highest BCUT2D eigenvalue weighted by Crippen LogP contribution is 2.23. The van der Waals surface area contributed by atoms with Crippen molar-refractivity contribution in [2.24, 2.45) is 0 Å². The topological polar surface area (TPSA) is 149 Å². The van der Waals surface area contributed by atoms with Gasteiger partial charge >= 0.3 is 0 Å². The first-order valence-corrected chi connectivity index (χ1v) is 29.6. The van der Waals surface area contributed by atoms with E-state index >= 15 is 0 Å². The van der Waals surface area contributed by atoms with Crippen molar-refractivity contribution in [3.05, 3.63) is 24.3 Å². The Bertz CT molecular complexity index is 1120. The van der Waals surface area contributed by atoms with Crippen molar-refractivity contribution in [1.82, 2.24) is 5.32 Å². The van der Waals surface area contributed by atoms with Crippen LogP contribution in [0, 0.1) is 0 Å². The Morgan fingerprint density at radius 2 is 0.824 bits per heavy atom. The molecule has 1 aliphatic rings. The number of aliphatic hydroxyl groups excluding tert-OH is 5. The molecule has 9 nitrogen and oxygen atoms in total. The van der Waals surface area contributed by atoms with Crippen LogP contribution in [0.25, 0.3) is 0 Å². The Hall–Kier alpha value is -1.33. The predicted molar refractivity (Wildman–Crippen MR) is 286 cm³/mol. The molecule has 0 saturated carbocycles. The van der Waals surface area contributed by atoms with Crippen LogP contribution < -0.4 is 5.32 Å². The zero-order valence-corrected chi connectivity index (χ0v) is 44.6. The van der Waals surface area contributed by atoms with Gasteiger partial charge in [0.2, 0.25) is 5.91 Å². The number of carbonyl (C=O) groups excluding carboxylic acids is 1. The largest absolute Gasteiger partial charge is 0.394 e. The molecule has 402 valence electrons. The van der Waals surface area contributed by atoms with E-state index in [4.69, 9.17) is 9.47 Å². The molecule has 1 rings (SSSR count). The molecule has 6 N–H and O–H groups in total. The first-order chi connectivity index (χ1) is 33.3. The summed E-state index contributed by atoms with van der Waals surface area (Å²) in [6, 6.07) is -0.803. The summed E-state index contributed by atoms with van der Waals surface area (Å²) in [5, 5.41) is 54.5. The van der Waals surface area contributed by atoms with Crippen molar-refractivity contribution >= 4 is 5.91 Å². The minimum Gasteiger partial charge on any atom is -0.394 e. The van der Waals surface area contributed by atoms with E-state index in [1.165, 1.54) is 231 Å². The average molecular weight is 965 g/mol. The van der Waals surface area contributed by atoms with E-state index < -0.39 is 49.5 Å². The Kier molecular flexibility index (Phi) is 46.9. The Morgan fingerprint density at radius 1 is 0.485 bits per heavy atom. The van der Waals surface area contributed by atoms with Crippen molar-refractivity contribution in [1.29, 1.82) is 0 Å². The van der Waals surface area contributed by atoms with Crippen LogP contribution in [0.2, 0.25) is 0 Å². The smallest absolute Gasteiger partial charge is 0.220 e. The molecule has 1 fully saturated rings. The number of unbranched alkanes of at least 4 members (excludes halogenated alkanes) is 39. The molecule has 1 aliphatic heterocycles. The van der Waals surface area contributed by atoms with Crippen molar-refractivity contribution in [3.63, 3.8) is 0 Å². The fourth-order valence-corrected chi connectivity index (χ4v) is 9.57. The van der Waals surface area contributed by atoms with E-state index in [0.29, 0.717) is 6.42 Å². The van der Waals surface area contributed by atoms with E-state index in [2.05, 4.69) is 31.3 Å². The van der Waals surface area contributed by atoms with Crippen molar-refractivity contribution in [3.8, 4) is 0 Å². The Morgan fingerprint density at radius 3 is 1.19 bits per heavy atom. The van der Waals surface area contributed by atoms with Crippen LogP contribution in [0.1, 0.15) is 290 Å². The molecule has 68 heavy (non-hydrogen) atoms. The fraction of sp³-hybridized carbons (Fsp3) is 0.915. The third-order valence-corrected chi connectivity index (χ3v) is 14.3. The fourth-order valence-electron chi connectivity index (χ4n) is 9.57. The highest BCUT2D eigenvalue weighted by molar-refractivity contribution is 5.76. The zero-order valence-electron chi connectivity index (χ0n) is 44.6. The van der Waals surface area contributed by atoms with Crippen LogP contribution in [0.5, 0.6) is 0 Å². The van der Waals surface area contributed by atoms with Gasteiger partial charge < -0.3 is 40.3 Å². The lowest BCUT2D eigenvalue weighted by molar-refractivity contribution is -0.302. The molecule has 7 unspecified atom stereocenters. The van der Waals surface area contributed by atoms with Gasteiger partial charge in [0.05, 0.1) is 25.4 Å². The lowest BCUT2D eigenvalue weighted by Crippen LogP contribution is -2.60. The Labute approximate surface area is 419 Å². The number of hydrogen-bond acceptors (Lipinski definition) is 8. The maximum atomic E-state index is 13.1. The second-order valence-corrected chi connectivity index (χ2v) is 20.8. The molecule has 0 spiro atoms. The number of carbonyl (C=O) groups is 1. The standard InChI is InChI=1S/C59H113NO8/c1-3-5-7-9-11-13-15-17-19-21-23-24-25-26-27-28-29-30-31-33-35-37-39-41-43-45-47-49-55(63)60-52(51-67-59-58(66)57(65)56(64)54(50-61)68-59)53(62)48-46-44-42-40-38-36-34-32-22-20-18-16-14-12-10-8-6-4-2/h26-27,46,48,52-54,56-59,61-62,64-66H,3-25,28-45,47,49-51H2,1-2H3,(H,60,63)/b27-26-,48-46+. The third-order valence-electron chi connectivity index (χ3n) is 14.3. The lowest BCUT2D eigenvalue weighted by atomic mass is 9.99. The second kappa shape index (κ2) is 49.3. The van der Waals surface area contributed by atoms with Gasteiger partial charge in [-0.05, 0) is 44.9 Å². The first-order valence-electron chi connectivity index (χ1n) is 29.6. The van der Waals surface area contributed by atoms with Gasteiger partial charge in [-0.15, -0.1) is 0 Å². The van der Waals surface area contributed by atoms with Crippen LogP contribution in [0.15, 0.2) is 24.3 Å². The molecule has 7 atom stereocenters. The molecule has 1 saturated heterocycles. The normalized spacial score (nSPS) is 19.7. The molecule has 0 aromatic heterocycles. The van der Waals surface area contributed by atoms with E-state index in [1.807, 2.05) is 6.08 Å². The van der Waals surface area contributed by atoms with Gasteiger partial charge in [-0.1, -0.05) is 263 Å². The molecular formula is C59H113NO8. The summed E-state index contributed by atoms with van der Waals surface area (Å²) in [4.78, 5) is 13.1. The van der Waals surface area contributed by atoms with Crippen LogP contribution >= 0.6 is 0 Å². The SMILES string of the molecule is CCCCCCCCCCCCCC/C=C\CCCCCCCCCCCCCC(=O)NC(COC1OC(CO)C(O)C(O)C1O)C(O)/C=C/CCCCCCCCCCCCCCCCCC. The minimum absolute atomic E-state index is 0.173. The van der Waals surface area contributed by atoms with Gasteiger partial charge in [-0.2, -0.15) is 0 Å². The number of rotatable bonds is 51. The van der Waals surface area contributed by atoms with Gasteiger partial charge in [0.1, 0.15) is 24.4 Å². The van der Waals surface area contributed by atoms with Gasteiger partial charge in [0.25, 0.3) is 0 Å². The number of amides is 1. The highest BCUT2D eigenvalue weighted by Gasteiger charge is 2.44. The Balaban J connectivity index is 2.19. The van der Waals surface area contributed by atoms with Gasteiger partial charge in [0, 0.05) is 6.42 Å². The molecule has 0 aromatic carbocycles. The van der Waals surface area contributed by atoms with E-state index in [9.17, 15) is 30.3 Å². The number of allylic oxidation sites excluding steroid dienone is 3. The molecule has 0 bridgehead atoms. The summed E-state index contributed by atoms with van der Waals surface area (Å²) >= 11 is 0. The number of ether oxygens (including phenoxy) is 2. The molecule has 0 aliphatic carbocycles. The van der Waals surface area contributed by atoms with Gasteiger partial charge in [0.15, 0.2) is 6.29 Å². The van der Waals surface area contributed by atoms with E-state index in [1.54, 1.807) is 6.08 Å². The van der Waals surface area contributed by atoms with Crippen LogP contribution in [0.4, 0.5) is 0 Å². The predicted octanol–water partition coefficient (Wildman–Crippen LogP) is 14.6. The average Bonchev–Trinajstić information content (AvgIpc) is 3.34. The highest BCUT2D eigenvalue weighted by atomic mass is 16.7. The monoisotopic (exact) mass is 964 g/mol. The van der Waals surface area contributed by atoms with E-state index in [0.717, 1.165) is 38.5 Å². The molecule has 9 heteroatoms. The van der Waals surface area contributed by atoms with Crippen molar-refractivity contribution in [2.45, 2.75) is 333 Å². The molecular weight excluding hydrogens is 851 g/mol. The molecule has 0 radical (unpaired) electrons. The quantitative estimate of drug-likeness (QED) is 0.0261. The zero-order chi connectivity index (χ0) is 49.4. The van der Waals surface area contributed by atoms with Crippen molar-refractivity contribution in [2.75, 3.05) is 13.2 Å². The van der Waals surface area contributed by atoms with Gasteiger partial charge in [-0.3, -0.25) is 4.79 Å². The maximum absolute atomic E-state index is 13.1. The molecule has 1 amide bonds. The van der Waals surface area contributed by atoms with E-state index in [-0.39, 0.29) is 12.5 Å². The lowest BCUT2D eigenvalue weighted by Gasteiger charge is -2.40.